The van der Waals surface area contributed by atoms with Gasteiger partial charge in [0.2, 0.25) is 0 Å². The lowest BCUT2D eigenvalue weighted by Crippen LogP contribution is -2.01. The van der Waals surface area contributed by atoms with Crippen molar-refractivity contribution in [2.45, 2.75) is 43.9 Å². The predicted octanol–water partition coefficient (Wildman–Crippen LogP) is 4.70. The largest absolute Gasteiger partial charge is 0.0760 e. The van der Waals surface area contributed by atoms with Crippen LogP contribution in [-0.2, 0) is 0 Å². The van der Waals surface area contributed by atoms with E-state index in [9.17, 15) is 0 Å². The Hall–Kier alpha value is -1.30. The van der Waals surface area contributed by atoms with Gasteiger partial charge in [0.25, 0.3) is 0 Å². The first kappa shape index (κ1) is 9.70. The Labute approximate surface area is 103 Å². The highest BCUT2D eigenvalue weighted by Crippen LogP contribution is 2.54. The van der Waals surface area contributed by atoms with E-state index in [4.69, 9.17) is 0 Å². The summed E-state index contributed by atoms with van der Waals surface area (Å²) in [6, 6.07) is 9.03. The molecule has 2 atom stereocenters. The van der Waals surface area contributed by atoms with Crippen LogP contribution in [0.3, 0.4) is 0 Å². The van der Waals surface area contributed by atoms with E-state index in [-0.39, 0.29) is 0 Å². The van der Waals surface area contributed by atoms with Crippen LogP contribution in [0.5, 0.6) is 0 Å². The van der Waals surface area contributed by atoms with Gasteiger partial charge < -0.3 is 0 Å². The molecule has 0 heterocycles. The fraction of sp³-hybridized carbons (Fsp3) is 0.412. The van der Waals surface area contributed by atoms with Crippen LogP contribution in [0.25, 0.3) is 0 Å². The molecule has 0 amide bonds. The Kier molecular flexibility index (Phi) is 2.05. The predicted molar refractivity (Wildman–Crippen MR) is 71.2 cm³/mol. The maximum Gasteiger partial charge on any atom is 0.0243 e. The van der Waals surface area contributed by atoms with Gasteiger partial charge in [-0.2, -0.15) is 0 Å². The molecule has 17 heavy (non-hydrogen) atoms. The lowest BCUT2D eigenvalue weighted by molar-refractivity contribution is 0.588. The van der Waals surface area contributed by atoms with Crippen molar-refractivity contribution in [3.63, 3.8) is 0 Å². The van der Waals surface area contributed by atoms with Crippen molar-refractivity contribution in [3.05, 3.63) is 58.7 Å². The summed E-state index contributed by atoms with van der Waals surface area (Å²) >= 11 is 0. The zero-order chi connectivity index (χ0) is 11.2. The molecule has 0 saturated heterocycles. The van der Waals surface area contributed by atoms with Gasteiger partial charge in [0.05, 0.1) is 0 Å². The van der Waals surface area contributed by atoms with Crippen LogP contribution in [0.1, 0.15) is 55.1 Å². The SMILES string of the molecule is C1=CC2C(=C3CCCCC3)C1c1ccccc12. The number of benzene rings is 1. The number of hydrogen-bond donors (Lipinski definition) is 0. The minimum Gasteiger partial charge on any atom is -0.0760 e. The molecule has 0 N–H and O–H groups in total. The van der Waals surface area contributed by atoms with Crippen molar-refractivity contribution in [2.75, 3.05) is 0 Å². The van der Waals surface area contributed by atoms with Crippen LogP contribution < -0.4 is 0 Å². The molecule has 4 rings (SSSR count). The molecule has 1 aromatic carbocycles. The maximum atomic E-state index is 2.43. The summed E-state index contributed by atoms with van der Waals surface area (Å²) in [4.78, 5) is 0. The third-order valence-electron chi connectivity index (χ3n) is 4.70. The van der Waals surface area contributed by atoms with E-state index in [0.717, 1.165) is 0 Å². The van der Waals surface area contributed by atoms with E-state index in [2.05, 4.69) is 36.4 Å². The minimum absolute atomic E-state index is 0.629. The van der Waals surface area contributed by atoms with E-state index in [1.54, 1.807) is 22.3 Å². The van der Waals surface area contributed by atoms with Crippen molar-refractivity contribution < 1.29 is 0 Å². The quantitative estimate of drug-likeness (QED) is 0.558. The fourth-order valence-electron chi connectivity index (χ4n) is 3.95. The molecule has 0 nitrogen and oxygen atoms in total. The van der Waals surface area contributed by atoms with Crippen molar-refractivity contribution >= 4 is 0 Å². The average molecular weight is 222 g/mol. The molecule has 86 valence electrons. The van der Waals surface area contributed by atoms with E-state index < -0.39 is 0 Å². The van der Waals surface area contributed by atoms with Gasteiger partial charge in [-0.1, -0.05) is 48.4 Å². The smallest absolute Gasteiger partial charge is 0.0243 e. The van der Waals surface area contributed by atoms with Gasteiger partial charge >= 0.3 is 0 Å². The second-order valence-electron chi connectivity index (χ2n) is 5.59. The molecule has 2 bridgehead atoms. The summed E-state index contributed by atoms with van der Waals surface area (Å²) in [5.74, 6) is 1.26. The summed E-state index contributed by atoms with van der Waals surface area (Å²) in [5, 5.41) is 0. The topological polar surface area (TPSA) is 0 Å². The number of fused-ring (bicyclic) bond motifs is 5. The minimum atomic E-state index is 0.629. The molecular formula is C17H18. The van der Waals surface area contributed by atoms with E-state index in [0.29, 0.717) is 11.8 Å². The molecule has 1 saturated carbocycles. The summed E-state index contributed by atoms with van der Waals surface area (Å²) in [5.41, 5.74) is 6.69. The standard InChI is InChI=1S/C17H18/c1-2-6-12(7-3-1)17-15-10-11-16(17)14-9-5-4-8-13(14)15/h4-5,8-11,15-16H,1-3,6-7H2. The number of allylic oxidation sites excluding steroid dienone is 4. The second-order valence-corrected chi connectivity index (χ2v) is 5.59. The highest BCUT2D eigenvalue weighted by molar-refractivity contribution is 5.60. The van der Waals surface area contributed by atoms with Gasteiger partial charge in [-0.3, -0.25) is 0 Å². The molecule has 3 aliphatic rings. The molecule has 2 unspecified atom stereocenters. The third kappa shape index (κ3) is 1.30. The Morgan fingerprint density at radius 3 is 1.94 bits per heavy atom. The van der Waals surface area contributed by atoms with E-state index in [1.165, 1.54) is 32.1 Å². The van der Waals surface area contributed by atoms with Gasteiger partial charge in [0.15, 0.2) is 0 Å². The van der Waals surface area contributed by atoms with Gasteiger partial charge in [-0.15, -0.1) is 0 Å². The first-order valence-electron chi connectivity index (χ1n) is 6.94. The molecule has 0 radical (unpaired) electrons. The monoisotopic (exact) mass is 222 g/mol. The molecule has 0 aliphatic heterocycles. The average Bonchev–Trinajstić information content (AvgIpc) is 2.97. The van der Waals surface area contributed by atoms with E-state index in [1.807, 2.05) is 0 Å². The summed E-state index contributed by atoms with van der Waals surface area (Å²) in [7, 11) is 0. The van der Waals surface area contributed by atoms with Crippen LogP contribution in [-0.4, -0.2) is 0 Å². The number of hydrogen-bond acceptors (Lipinski definition) is 0. The zero-order valence-corrected chi connectivity index (χ0v) is 10.2. The second kappa shape index (κ2) is 3.60. The van der Waals surface area contributed by atoms with Crippen molar-refractivity contribution in [1.29, 1.82) is 0 Å². The van der Waals surface area contributed by atoms with E-state index >= 15 is 0 Å². The van der Waals surface area contributed by atoms with Crippen molar-refractivity contribution in [2.24, 2.45) is 0 Å². The maximum absolute atomic E-state index is 2.43. The summed E-state index contributed by atoms with van der Waals surface area (Å²) in [6.07, 6.45) is 11.8. The highest BCUT2D eigenvalue weighted by atomic mass is 14.4. The van der Waals surface area contributed by atoms with Crippen LogP contribution in [0.15, 0.2) is 47.6 Å². The molecule has 0 aromatic heterocycles. The molecule has 1 fully saturated rings. The highest BCUT2D eigenvalue weighted by Gasteiger charge is 2.38. The lowest BCUT2D eigenvalue weighted by atomic mass is 9.86. The van der Waals surface area contributed by atoms with Gasteiger partial charge in [-0.25, -0.2) is 0 Å². The molecule has 3 aliphatic carbocycles. The molecular weight excluding hydrogens is 204 g/mol. The lowest BCUT2D eigenvalue weighted by Gasteiger charge is -2.19. The summed E-state index contributed by atoms with van der Waals surface area (Å²) < 4.78 is 0. The Morgan fingerprint density at radius 2 is 1.35 bits per heavy atom. The summed E-state index contributed by atoms with van der Waals surface area (Å²) in [6.45, 7) is 0. The third-order valence-corrected chi connectivity index (χ3v) is 4.70. The van der Waals surface area contributed by atoms with Crippen molar-refractivity contribution in [1.82, 2.24) is 0 Å². The Bertz CT molecular complexity index is 476. The molecule has 0 spiro atoms. The first-order valence-corrected chi connectivity index (χ1v) is 6.94. The normalized spacial score (nSPS) is 29.9. The molecule has 1 aromatic rings. The van der Waals surface area contributed by atoms with Crippen molar-refractivity contribution in [3.8, 4) is 0 Å². The first-order chi connectivity index (χ1) is 8.45. The number of rotatable bonds is 0. The van der Waals surface area contributed by atoms with Gasteiger partial charge in [0, 0.05) is 11.8 Å². The fourth-order valence-corrected chi connectivity index (χ4v) is 3.95. The molecule has 0 heteroatoms. The van der Waals surface area contributed by atoms with Crippen LogP contribution in [0.2, 0.25) is 0 Å². The van der Waals surface area contributed by atoms with Crippen LogP contribution in [0.4, 0.5) is 0 Å². The Balaban J connectivity index is 1.83. The Morgan fingerprint density at radius 1 is 0.765 bits per heavy atom. The van der Waals surface area contributed by atoms with Crippen LogP contribution >= 0.6 is 0 Å². The van der Waals surface area contributed by atoms with Gasteiger partial charge in [-0.05, 0) is 42.4 Å². The van der Waals surface area contributed by atoms with Crippen LogP contribution in [0, 0.1) is 0 Å². The van der Waals surface area contributed by atoms with Gasteiger partial charge in [0.1, 0.15) is 0 Å². The zero-order valence-electron chi connectivity index (χ0n) is 10.2.